The molecule has 0 fully saturated rings. The zero-order valence-electron chi connectivity index (χ0n) is 13.9. The van der Waals surface area contributed by atoms with E-state index in [0.29, 0.717) is 12.8 Å². The van der Waals surface area contributed by atoms with Crippen molar-refractivity contribution in [3.8, 4) is 0 Å². The number of hydrogen-bond donors (Lipinski definition) is 0. The molecule has 4 nitrogen and oxygen atoms in total. The third-order valence-electron chi connectivity index (χ3n) is 3.62. The van der Waals surface area contributed by atoms with Gasteiger partial charge in [-0.3, -0.25) is 4.28 Å². The minimum absolute atomic E-state index is 0.219. The second kappa shape index (κ2) is 8.50. The van der Waals surface area contributed by atoms with Gasteiger partial charge in [0.2, 0.25) is 0 Å². The number of unbranched alkanes of at least 4 members (excludes halogenated alkanes) is 1. The first-order valence-electron chi connectivity index (χ1n) is 7.77. The summed E-state index contributed by atoms with van der Waals surface area (Å²) in [6.45, 7) is 5.71. The van der Waals surface area contributed by atoms with Crippen LogP contribution in [-0.2, 0) is 14.4 Å². The Bertz CT molecular complexity index is 652. The minimum Gasteiger partial charge on any atom is -0.268 e. The molecule has 8 heteroatoms. The van der Waals surface area contributed by atoms with E-state index < -0.39 is 22.0 Å². The highest BCUT2D eigenvalue weighted by molar-refractivity contribution is 7.86. The van der Waals surface area contributed by atoms with Crippen LogP contribution in [0.4, 0.5) is 13.2 Å². The van der Waals surface area contributed by atoms with Crippen LogP contribution in [0.1, 0.15) is 57.1 Å². The Morgan fingerprint density at radius 2 is 1.79 bits per heavy atom. The molecular weight excluding hydrogens is 343 g/mol. The number of halogens is 3. The first kappa shape index (κ1) is 20.5. The maximum absolute atomic E-state index is 13.2. The van der Waals surface area contributed by atoms with Gasteiger partial charge in [0, 0.05) is 5.56 Å². The van der Waals surface area contributed by atoms with Crippen molar-refractivity contribution < 1.29 is 25.9 Å². The standard InChI is InChI=1S/C16H22F3NO3S/c1-4-6-11-24(21,22)23-20-15(16(17,18)19)14-9-7-13(8-10-14)12(3)5-2/h7-10,12H,4-6,11H2,1-3H3/b20-15-. The van der Waals surface area contributed by atoms with Crippen molar-refractivity contribution in [1.82, 2.24) is 0 Å². The lowest BCUT2D eigenvalue weighted by Gasteiger charge is -2.13. The normalized spacial score (nSPS) is 14.5. The molecule has 24 heavy (non-hydrogen) atoms. The molecule has 1 rings (SSSR count). The number of alkyl halides is 3. The van der Waals surface area contributed by atoms with Crippen molar-refractivity contribution in [3.63, 3.8) is 0 Å². The van der Waals surface area contributed by atoms with Crippen LogP contribution < -0.4 is 0 Å². The Morgan fingerprint density at radius 3 is 2.25 bits per heavy atom. The lowest BCUT2D eigenvalue weighted by atomic mass is 9.97. The summed E-state index contributed by atoms with van der Waals surface area (Å²) in [7, 11) is -4.12. The quantitative estimate of drug-likeness (QED) is 0.499. The topological polar surface area (TPSA) is 55.7 Å². The van der Waals surface area contributed by atoms with Crippen LogP contribution in [0.3, 0.4) is 0 Å². The van der Waals surface area contributed by atoms with Crippen LogP contribution in [-0.4, -0.2) is 26.1 Å². The predicted molar refractivity (Wildman–Crippen MR) is 87.5 cm³/mol. The second-order valence-electron chi connectivity index (χ2n) is 5.56. The van der Waals surface area contributed by atoms with Gasteiger partial charge in [0.25, 0.3) is 0 Å². The van der Waals surface area contributed by atoms with E-state index in [4.69, 9.17) is 0 Å². The fourth-order valence-electron chi connectivity index (χ4n) is 1.93. The fourth-order valence-corrected chi connectivity index (χ4v) is 2.83. The van der Waals surface area contributed by atoms with Gasteiger partial charge in [0.15, 0.2) is 5.71 Å². The van der Waals surface area contributed by atoms with Crippen LogP contribution in [0.15, 0.2) is 29.4 Å². The van der Waals surface area contributed by atoms with Crippen LogP contribution in [0.25, 0.3) is 0 Å². The van der Waals surface area contributed by atoms with Gasteiger partial charge in [-0.15, -0.1) is 0 Å². The van der Waals surface area contributed by atoms with E-state index in [9.17, 15) is 21.6 Å². The van der Waals surface area contributed by atoms with Gasteiger partial charge in [0.1, 0.15) is 0 Å². The molecule has 0 amide bonds. The molecule has 0 saturated heterocycles. The summed E-state index contributed by atoms with van der Waals surface area (Å²) in [6, 6.07) is 5.71. The van der Waals surface area contributed by atoms with Crippen molar-refractivity contribution >= 4 is 15.8 Å². The monoisotopic (exact) mass is 365 g/mol. The van der Waals surface area contributed by atoms with E-state index in [-0.39, 0.29) is 17.2 Å². The Morgan fingerprint density at radius 1 is 1.21 bits per heavy atom. The summed E-state index contributed by atoms with van der Waals surface area (Å²) in [5.41, 5.74) is -0.697. The molecule has 0 heterocycles. The first-order chi connectivity index (χ1) is 11.1. The van der Waals surface area contributed by atoms with Gasteiger partial charge in [-0.2, -0.15) is 21.6 Å². The number of rotatable bonds is 8. The SMILES string of the molecule is CCCCS(=O)(=O)O/N=C(/c1ccc(C(C)CC)cc1)C(F)(F)F. The van der Waals surface area contributed by atoms with Crippen LogP contribution in [0.5, 0.6) is 0 Å². The second-order valence-corrected chi connectivity index (χ2v) is 7.23. The van der Waals surface area contributed by atoms with Crippen LogP contribution in [0.2, 0.25) is 0 Å². The summed E-state index contributed by atoms with van der Waals surface area (Å²) >= 11 is 0. The smallest absolute Gasteiger partial charge is 0.268 e. The molecular formula is C16H22F3NO3S. The van der Waals surface area contributed by atoms with Crippen molar-refractivity contribution in [1.29, 1.82) is 0 Å². The van der Waals surface area contributed by atoms with Crippen molar-refractivity contribution in [2.75, 3.05) is 5.75 Å². The third-order valence-corrected chi connectivity index (χ3v) is 4.71. The van der Waals surface area contributed by atoms with Gasteiger partial charge in [0.05, 0.1) is 5.75 Å². The Hall–Kier alpha value is -1.57. The van der Waals surface area contributed by atoms with E-state index in [0.717, 1.165) is 12.0 Å². The fraction of sp³-hybridized carbons (Fsp3) is 0.562. The Balaban J connectivity index is 3.08. The summed E-state index contributed by atoms with van der Waals surface area (Å²) in [4.78, 5) is 0. The Kier molecular flexibility index (Phi) is 7.26. The summed E-state index contributed by atoms with van der Waals surface area (Å²) in [5, 5.41) is 2.89. The number of oxime groups is 1. The molecule has 0 saturated carbocycles. The van der Waals surface area contributed by atoms with Gasteiger partial charge >= 0.3 is 16.3 Å². The number of benzene rings is 1. The third kappa shape index (κ3) is 6.14. The molecule has 0 spiro atoms. The lowest BCUT2D eigenvalue weighted by molar-refractivity contribution is -0.0597. The maximum Gasteiger partial charge on any atom is 0.437 e. The molecule has 0 N–H and O–H groups in total. The van der Waals surface area contributed by atoms with Crippen molar-refractivity contribution in [3.05, 3.63) is 35.4 Å². The zero-order valence-corrected chi connectivity index (χ0v) is 14.7. The minimum atomic E-state index is -4.82. The van der Waals surface area contributed by atoms with Gasteiger partial charge in [-0.25, -0.2) is 0 Å². The van der Waals surface area contributed by atoms with Crippen LogP contribution >= 0.6 is 0 Å². The van der Waals surface area contributed by atoms with Gasteiger partial charge in [-0.1, -0.05) is 56.6 Å². The van der Waals surface area contributed by atoms with Crippen LogP contribution in [0, 0.1) is 0 Å². The predicted octanol–water partition coefficient (Wildman–Crippen LogP) is 4.61. The molecule has 1 atom stereocenters. The van der Waals surface area contributed by atoms with E-state index >= 15 is 0 Å². The van der Waals surface area contributed by atoms with Crippen molar-refractivity contribution in [2.24, 2.45) is 5.16 Å². The Labute approximate surface area is 140 Å². The molecule has 0 aliphatic rings. The highest BCUT2D eigenvalue weighted by atomic mass is 32.2. The number of hydrogen-bond acceptors (Lipinski definition) is 4. The highest BCUT2D eigenvalue weighted by Crippen LogP contribution is 2.25. The average molecular weight is 365 g/mol. The summed E-state index contributed by atoms with van der Waals surface area (Å²) in [6.07, 6.45) is -3.09. The molecule has 0 bridgehead atoms. The molecule has 0 aromatic heterocycles. The molecule has 1 unspecified atom stereocenters. The lowest BCUT2D eigenvalue weighted by Crippen LogP contribution is -2.25. The molecule has 0 aliphatic carbocycles. The summed E-state index contributed by atoms with van der Waals surface area (Å²) in [5.74, 6) is -0.151. The first-order valence-corrected chi connectivity index (χ1v) is 9.35. The molecule has 1 aromatic rings. The largest absolute Gasteiger partial charge is 0.437 e. The van der Waals surface area contributed by atoms with Gasteiger partial charge < -0.3 is 0 Å². The number of nitrogens with zero attached hydrogens (tertiary/aromatic N) is 1. The maximum atomic E-state index is 13.2. The van der Waals surface area contributed by atoms with E-state index in [2.05, 4.69) is 9.44 Å². The van der Waals surface area contributed by atoms with Gasteiger partial charge in [-0.05, 0) is 24.3 Å². The van der Waals surface area contributed by atoms with Crippen molar-refractivity contribution in [2.45, 2.75) is 52.1 Å². The molecule has 0 aliphatic heterocycles. The molecule has 0 radical (unpaired) electrons. The summed E-state index contributed by atoms with van der Waals surface area (Å²) < 4.78 is 66.7. The van der Waals surface area contributed by atoms with E-state index in [1.807, 2.05) is 13.8 Å². The van der Waals surface area contributed by atoms with E-state index in [1.54, 1.807) is 19.1 Å². The highest BCUT2D eigenvalue weighted by Gasteiger charge is 2.38. The van der Waals surface area contributed by atoms with E-state index in [1.165, 1.54) is 12.1 Å². The average Bonchev–Trinajstić information content (AvgIpc) is 2.51. The zero-order chi connectivity index (χ0) is 18.4. The molecule has 1 aromatic carbocycles. The molecule has 136 valence electrons.